The Hall–Kier alpha value is -0.940. The number of hydrogen-bond donors (Lipinski definition) is 1. The highest BCUT2D eigenvalue weighted by atomic mass is 16.5. The van der Waals surface area contributed by atoms with Gasteiger partial charge in [-0.15, -0.1) is 0 Å². The molecule has 196 valence electrons. The summed E-state index contributed by atoms with van der Waals surface area (Å²) in [6, 6.07) is 0. The van der Waals surface area contributed by atoms with Crippen LogP contribution in [-0.2, 0) is 14.3 Å². The molecule has 0 aromatic rings. The van der Waals surface area contributed by atoms with Crippen molar-refractivity contribution < 1.29 is 19.4 Å². The Balaban J connectivity index is 3.62. The summed E-state index contributed by atoms with van der Waals surface area (Å²) >= 11 is 0. The van der Waals surface area contributed by atoms with Gasteiger partial charge < -0.3 is 19.5 Å². The van der Waals surface area contributed by atoms with E-state index in [1.54, 1.807) is 0 Å². The maximum absolute atomic E-state index is 12.0. The molecule has 5 nitrogen and oxygen atoms in total. The summed E-state index contributed by atoms with van der Waals surface area (Å²) < 4.78 is 5.57. The number of carbonyl (C=O) groups excluding carboxylic acids is 2. The summed E-state index contributed by atoms with van der Waals surface area (Å²) in [6.07, 6.45) is 22.1. The van der Waals surface area contributed by atoms with Crippen molar-refractivity contribution in [3.63, 3.8) is 0 Å². The van der Waals surface area contributed by atoms with E-state index in [9.17, 15) is 14.7 Å². The van der Waals surface area contributed by atoms with Gasteiger partial charge in [-0.3, -0.25) is 4.79 Å². The Morgan fingerprint density at radius 3 is 1.94 bits per heavy atom. The van der Waals surface area contributed by atoms with Gasteiger partial charge in [-0.25, -0.2) is 0 Å². The lowest BCUT2D eigenvalue weighted by Crippen LogP contribution is -2.29. The summed E-state index contributed by atoms with van der Waals surface area (Å²) in [7, 11) is 0. The third kappa shape index (κ3) is 24.0. The van der Waals surface area contributed by atoms with Crippen molar-refractivity contribution in [1.29, 1.82) is 0 Å². The predicted molar refractivity (Wildman–Crippen MR) is 139 cm³/mol. The van der Waals surface area contributed by atoms with E-state index in [0.717, 1.165) is 70.9 Å². The lowest BCUT2D eigenvalue weighted by Gasteiger charge is -2.21. The second-order valence-corrected chi connectivity index (χ2v) is 9.66. The van der Waals surface area contributed by atoms with E-state index < -0.39 is 0 Å². The van der Waals surface area contributed by atoms with Gasteiger partial charge in [0.05, 0.1) is 12.7 Å². The second kappa shape index (κ2) is 25.7. The number of rotatable bonds is 26. The van der Waals surface area contributed by atoms with Crippen LogP contribution in [0.25, 0.3) is 0 Å². The highest BCUT2D eigenvalue weighted by molar-refractivity contribution is 5.69. The van der Waals surface area contributed by atoms with E-state index in [2.05, 4.69) is 11.8 Å². The summed E-state index contributed by atoms with van der Waals surface area (Å²) in [5.41, 5.74) is 0. The summed E-state index contributed by atoms with van der Waals surface area (Å²) in [4.78, 5) is 24.7. The first-order valence-corrected chi connectivity index (χ1v) is 14.1. The normalized spacial score (nSPS) is 12.2. The van der Waals surface area contributed by atoms with Gasteiger partial charge in [0.15, 0.2) is 0 Å². The van der Waals surface area contributed by atoms with E-state index in [0.29, 0.717) is 12.8 Å². The molecule has 5 heteroatoms. The van der Waals surface area contributed by atoms with E-state index in [4.69, 9.17) is 4.74 Å². The van der Waals surface area contributed by atoms with Gasteiger partial charge in [-0.05, 0) is 58.5 Å². The summed E-state index contributed by atoms with van der Waals surface area (Å²) in [5.74, 6) is -0.0283. The molecule has 0 aliphatic heterocycles. The zero-order valence-electron chi connectivity index (χ0n) is 22.0. The second-order valence-electron chi connectivity index (χ2n) is 9.66. The fourth-order valence-electron chi connectivity index (χ4n) is 4.26. The monoisotopic (exact) mass is 469 g/mol. The Bertz CT molecular complexity index is 430. The maximum atomic E-state index is 12.0. The minimum atomic E-state index is -0.0283. The van der Waals surface area contributed by atoms with Crippen molar-refractivity contribution in [3.8, 4) is 0 Å². The van der Waals surface area contributed by atoms with Crippen molar-refractivity contribution in [2.24, 2.45) is 0 Å². The van der Waals surface area contributed by atoms with Crippen LogP contribution in [0.2, 0.25) is 0 Å². The Morgan fingerprint density at radius 2 is 1.33 bits per heavy atom. The van der Waals surface area contributed by atoms with Gasteiger partial charge in [0, 0.05) is 19.4 Å². The Labute approximate surface area is 205 Å². The van der Waals surface area contributed by atoms with Crippen LogP contribution in [0.15, 0.2) is 0 Å². The fraction of sp³-hybridized carbons (Fsp3) is 0.929. The van der Waals surface area contributed by atoms with E-state index in [-0.39, 0.29) is 18.7 Å². The van der Waals surface area contributed by atoms with Crippen molar-refractivity contribution in [1.82, 2.24) is 4.90 Å². The number of aliphatic hydroxyl groups is 1. The highest BCUT2D eigenvalue weighted by Gasteiger charge is 2.09. The zero-order chi connectivity index (χ0) is 24.4. The first-order chi connectivity index (χ1) is 16.1. The number of aliphatic hydroxyl groups excluding tert-OH is 1. The van der Waals surface area contributed by atoms with Crippen molar-refractivity contribution >= 4 is 12.3 Å². The third-order valence-electron chi connectivity index (χ3n) is 6.36. The first-order valence-electron chi connectivity index (χ1n) is 14.1. The summed E-state index contributed by atoms with van der Waals surface area (Å²) in [5, 5.41) is 9.31. The molecule has 0 aliphatic carbocycles. The molecule has 0 spiro atoms. The molecule has 1 N–H and O–H groups in total. The molecule has 0 fully saturated rings. The molecule has 0 saturated heterocycles. The van der Waals surface area contributed by atoms with Crippen LogP contribution in [0.1, 0.15) is 136 Å². The smallest absolute Gasteiger partial charge is 0.306 e. The van der Waals surface area contributed by atoms with E-state index in [1.807, 2.05) is 6.92 Å². The SMILES string of the molecule is CCCCCCCCCC(=O)OC(C)CCCCCCN(CCO)CCCCCCCC=O. The topological polar surface area (TPSA) is 66.8 Å². The molecule has 33 heavy (non-hydrogen) atoms. The number of carbonyl (C=O) groups is 2. The number of nitrogens with zero attached hydrogens (tertiary/aromatic N) is 1. The van der Waals surface area contributed by atoms with Gasteiger partial charge in [-0.2, -0.15) is 0 Å². The average Bonchev–Trinajstić information content (AvgIpc) is 2.80. The molecule has 0 aliphatic rings. The predicted octanol–water partition coefficient (Wildman–Crippen LogP) is 6.84. The lowest BCUT2D eigenvalue weighted by molar-refractivity contribution is -0.148. The first kappa shape index (κ1) is 32.1. The number of ether oxygens (including phenoxy) is 1. The molecule has 0 bridgehead atoms. The van der Waals surface area contributed by atoms with E-state index >= 15 is 0 Å². The Morgan fingerprint density at radius 1 is 0.788 bits per heavy atom. The van der Waals surface area contributed by atoms with E-state index in [1.165, 1.54) is 64.2 Å². The number of esters is 1. The van der Waals surface area contributed by atoms with Gasteiger partial charge in [0.25, 0.3) is 0 Å². The largest absolute Gasteiger partial charge is 0.463 e. The molecular formula is C28H55NO4. The van der Waals surface area contributed by atoms with Gasteiger partial charge >= 0.3 is 5.97 Å². The highest BCUT2D eigenvalue weighted by Crippen LogP contribution is 2.13. The van der Waals surface area contributed by atoms with Crippen molar-refractivity contribution in [2.45, 2.75) is 142 Å². The number of aldehydes is 1. The van der Waals surface area contributed by atoms with Crippen LogP contribution in [0.4, 0.5) is 0 Å². The minimum Gasteiger partial charge on any atom is -0.463 e. The summed E-state index contributed by atoms with van der Waals surface area (Å²) in [6.45, 7) is 7.34. The van der Waals surface area contributed by atoms with Crippen LogP contribution in [-0.4, -0.2) is 54.6 Å². The quantitative estimate of drug-likeness (QED) is 0.0853. The van der Waals surface area contributed by atoms with Crippen LogP contribution in [0.5, 0.6) is 0 Å². The average molecular weight is 470 g/mol. The molecule has 0 saturated carbocycles. The third-order valence-corrected chi connectivity index (χ3v) is 6.36. The molecule has 0 aromatic carbocycles. The van der Waals surface area contributed by atoms with Gasteiger partial charge in [0.1, 0.15) is 6.29 Å². The number of hydrogen-bond acceptors (Lipinski definition) is 5. The zero-order valence-corrected chi connectivity index (χ0v) is 22.0. The molecule has 0 aromatic heterocycles. The molecule has 0 heterocycles. The standard InChI is InChI=1S/C28H55NO4/c1-3-4-5-6-7-10-16-21-28(32)33-27(2)20-15-11-13-18-23-29(24-26-31)22-17-12-8-9-14-19-25-30/h25,27,31H,3-24,26H2,1-2H3. The Kier molecular flexibility index (Phi) is 24.9. The fourth-order valence-corrected chi connectivity index (χ4v) is 4.26. The van der Waals surface area contributed by atoms with Gasteiger partial charge in [-0.1, -0.05) is 77.6 Å². The van der Waals surface area contributed by atoms with Crippen molar-refractivity contribution in [2.75, 3.05) is 26.2 Å². The molecule has 1 atom stereocenters. The van der Waals surface area contributed by atoms with Crippen LogP contribution in [0, 0.1) is 0 Å². The minimum absolute atomic E-state index is 0.0273. The molecular weight excluding hydrogens is 414 g/mol. The molecule has 0 rings (SSSR count). The molecule has 0 radical (unpaired) electrons. The molecule has 0 amide bonds. The van der Waals surface area contributed by atoms with Gasteiger partial charge in [0.2, 0.25) is 0 Å². The number of unbranched alkanes of at least 4 members (excludes halogenated alkanes) is 14. The maximum Gasteiger partial charge on any atom is 0.306 e. The molecule has 1 unspecified atom stereocenters. The van der Waals surface area contributed by atoms with Crippen LogP contribution >= 0.6 is 0 Å². The van der Waals surface area contributed by atoms with Crippen molar-refractivity contribution in [3.05, 3.63) is 0 Å². The van der Waals surface area contributed by atoms with Crippen LogP contribution in [0.3, 0.4) is 0 Å². The van der Waals surface area contributed by atoms with Crippen LogP contribution < -0.4 is 0 Å². The lowest BCUT2D eigenvalue weighted by atomic mass is 10.1.